The standard InChI is InChI=1S/C19H31N7S2/c1-6-15-23-18(28-24-15)26-10-8-25(9-11-26)17(20-7-2)21-12-16-22-14(13-27-16)19(3,4)5/h13H,6-12H2,1-5H3,(H,20,21). The minimum atomic E-state index is 0.0849. The van der Waals surface area contributed by atoms with Crippen LogP contribution in [-0.2, 0) is 18.4 Å². The monoisotopic (exact) mass is 421 g/mol. The largest absolute Gasteiger partial charge is 0.357 e. The van der Waals surface area contributed by atoms with Gasteiger partial charge in [0.2, 0.25) is 5.13 Å². The minimum Gasteiger partial charge on any atom is -0.357 e. The molecule has 0 radical (unpaired) electrons. The molecule has 28 heavy (non-hydrogen) atoms. The number of aliphatic imine (C=N–C) groups is 1. The maximum atomic E-state index is 4.85. The van der Waals surface area contributed by atoms with Crippen molar-refractivity contribution in [3.05, 3.63) is 21.9 Å². The number of nitrogens with one attached hydrogen (secondary N) is 1. The molecule has 0 aliphatic carbocycles. The van der Waals surface area contributed by atoms with Gasteiger partial charge in [0.25, 0.3) is 0 Å². The second kappa shape index (κ2) is 9.17. The van der Waals surface area contributed by atoms with Gasteiger partial charge in [0, 0.05) is 61.5 Å². The molecule has 1 aliphatic rings. The summed E-state index contributed by atoms with van der Waals surface area (Å²) in [5.41, 5.74) is 1.23. The summed E-state index contributed by atoms with van der Waals surface area (Å²) in [7, 11) is 0. The SMILES string of the molecule is CCNC(=NCc1nc(C(C)(C)C)cs1)N1CCN(c2nc(CC)ns2)CC1. The zero-order chi connectivity index (χ0) is 20.1. The molecule has 1 fully saturated rings. The van der Waals surface area contributed by atoms with Crippen molar-refractivity contribution >= 4 is 34.0 Å². The van der Waals surface area contributed by atoms with Crippen molar-refractivity contribution in [1.29, 1.82) is 0 Å². The van der Waals surface area contributed by atoms with E-state index >= 15 is 0 Å². The van der Waals surface area contributed by atoms with Gasteiger partial charge in [-0.05, 0) is 6.92 Å². The second-order valence-corrected chi connectivity index (χ2v) is 9.54. The van der Waals surface area contributed by atoms with Crippen LogP contribution < -0.4 is 10.2 Å². The second-order valence-electron chi connectivity index (χ2n) is 7.87. The van der Waals surface area contributed by atoms with E-state index in [4.69, 9.17) is 9.98 Å². The fourth-order valence-electron chi connectivity index (χ4n) is 2.92. The van der Waals surface area contributed by atoms with E-state index in [0.29, 0.717) is 6.54 Å². The third-order valence-corrected chi connectivity index (χ3v) is 6.29. The summed E-state index contributed by atoms with van der Waals surface area (Å²) in [5.74, 6) is 1.91. The molecule has 1 saturated heterocycles. The number of guanidine groups is 1. The van der Waals surface area contributed by atoms with Crippen LogP contribution in [0.3, 0.4) is 0 Å². The first-order valence-electron chi connectivity index (χ1n) is 9.96. The summed E-state index contributed by atoms with van der Waals surface area (Å²) in [6, 6.07) is 0. The molecule has 0 bridgehead atoms. The van der Waals surface area contributed by atoms with Crippen LogP contribution in [0, 0.1) is 0 Å². The molecule has 154 valence electrons. The number of aryl methyl sites for hydroxylation is 1. The van der Waals surface area contributed by atoms with Gasteiger partial charge in [-0.25, -0.2) is 15.0 Å². The topological polar surface area (TPSA) is 69.5 Å². The summed E-state index contributed by atoms with van der Waals surface area (Å²) in [5, 5.41) is 7.70. The van der Waals surface area contributed by atoms with E-state index in [-0.39, 0.29) is 5.41 Å². The fourth-order valence-corrected chi connectivity index (χ4v) is 4.67. The lowest BCUT2D eigenvalue weighted by Gasteiger charge is -2.36. The first kappa shape index (κ1) is 21.0. The van der Waals surface area contributed by atoms with Gasteiger partial charge in [-0.2, -0.15) is 4.37 Å². The molecule has 3 rings (SSSR count). The van der Waals surface area contributed by atoms with Crippen LogP contribution in [0.2, 0.25) is 0 Å². The lowest BCUT2D eigenvalue weighted by molar-refractivity contribution is 0.372. The average Bonchev–Trinajstić information content (AvgIpc) is 3.34. The number of hydrogen-bond donors (Lipinski definition) is 1. The van der Waals surface area contributed by atoms with Crippen LogP contribution in [0.1, 0.15) is 51.1 Å². The Hall–Kier alpha value is -1.74. The summed E-state index contributed by atoms with van der Waals surface area (Å²) in [4.78, 5) is 18.9. The Kier molecular flexibility index (Phi) is 6.87. The van der Waals surface area contributed by atoms with Gasteiger partial charge in [0.05, 0.1) is 12.2 Å². The van der Waals surface area contributed by atoms with Crippen LogP contribution in [-0.4, -0.2) is 57.9 Å². The van der Waals surface area contributed by atoms with Gasteiger partial charge in [-0.3, -0.25) is 0 Å². The van der Waals surface area contributed by atoms with Gasteiger partial charge >= 0.3 is 0 Å². The quantitative estimate of drug-likeness (QED) is 0.591. The van der Waals surface area contributed by atoms with Crippen LogP contribution >= 0.6 is 22.9 Å². The van der Waals surface area contributed by atoms with Crippen molar-refractivity contribution in [3.63, 3.8) is 0 Å². The highest BCUT2D eigenvalue weighted by atomic mass is 32.1. The summed E-state index contributed by atoms with van der Waals surface area (Å²) in [6.07, 6.45) is 0.890. The highest BCUT2D eigenvalue weighted by molar-refractivity contribution is 7.10. The predicted octanol–water partition coefficient (Wildman–Crippen LogP) is 3.14. The third-order valence-electron chi connectivity index (χ3n) is 4.64. The molecule has 7 nitrogen and oxygen atoms in total. The first-order chi connectivity index (χ1) is 13.4. The number of aromatic nitrogens is 3. The average molecular weight is 422 g/mol. The van der Waals surface area contributed by atoms with Gasteiger partial charge < -0.3 is 15.1 Å². The van der Waals surface area contributed by atoms with E-state index in [0.717, 1.165) is 66.8 Å². The molecule has 3 heterocycles. The zero-order valence-electron chi connectivity index (χ0n) is 17.5. The molecule has 2 aromatic heterocycles. The molecule has 0 atom stereocenters. The van der Waals surface area contributed by atoms with E-state index in [9.17, 15) is 0 Å². The Bertz CT molecular complexity index is 782. The highest BCUT2D eigenvalue weighted by Crippen LogP contribution is 2.24. The molecule has 0 amide bonds. The number of thiazole rings is 1. The molecule has 0 spiro atoms. The Labute approximate surface area is 176 Å². The maximum Gasteiger partial charge on any atom is 0.205 e. The minimum absolute atomic E-state index is 0.0849. The van der Waals surface area contributed by atoms with Crippen molar-refractivity contribution in [1.82, 2.24) is 24.6 Å². The number of anilines is 1. The molecule has 0 saturated carbocycles. The van der Waals surface area contributed by atoms with Gasteiger partial charge in [0.15, 0.2) is 5.96 Å². The molecule has 1 N–H and O–H groups in total. The van der Waals surface area contributed by atoms with Crippen LogP contribution in [0.5, 0.6) is 0 Å². The number of hydrogen-bond acceptors (Lipinski definition) is 7. The van der Waals surface area contributed by atoms with E-state index in [1.165, 1.54) is 11.5 Å². The number of piperazine rings is 1. The molecule has 2 aromatic rings. The molecule has 9 heteroatoms. The molecular formula is C19H31N7S2. The van der Waals surface area contributed by atoms with E-state index in [1.807, 2.05) is 0 Å². The van der Waals surface area contributed by atoms with Gasteiger partial charge in [0.1, 0.15) is 10.8 Å². The van der Waals surface area contributed by atoms with Gasteiger partial charge in [-0.15, -0.1) is 11.3 Å². The molecule has 1 aliphatic heterocycles. The smallest absolute Gasteiger partial charge is 0.205 e. The van der Waals surface area contributed by atoms with Gasteiger partial charge in [-0.1, -0.05) is 27.7 Å². The predicted molar refractivity (Wildman–Crippen MR) is 119 cm³/mol. The summed E-state index contributed by atoms with van der Waals surface area (Å²) in [6.45, 7) is 16.0. The van der Waals surface area contributed by atoms with E-state index < -0.39 is 0 Å². The number of rotatable bonds is 5. The van der Waals surface area contributed by atoms with Crippen LogP contribution in [0.15, 0.2) is 10.4 Å². The molecular weight excluding hydrogens is 390 g/mol. The van der Waals surface area contributed by atoms with Crippen molar-refractivity contribution in [2.24, 2.45) is 4.99 Å². The van der Waals surface area contributed by atoms with Crippen molar-refractivity contribution in [2.75, 3.05) is 37.6 Å². The zero-order valence-corrected chi connectivity index (χ0v) is 19.2. The molecule has 0 aromatic carbocycles. The Balaban J connectivity index is 1.61. The van der Waals surface area contributed by atoms with Crippen molar-refractivity contribution in [3.8, 4) is 0 Å². The van der Waals surface area contributed by atoms with Crippen molar-refractivity contribution in [2.45, 2.75) is 53.0 Å². The third kappa shape index (κ3) is 5.20. The normalized spacial score (nSPS) is 16.0. The highest BCUT2D eigenvalue weighted by Gasteiger charge is 2.22. The van der Waals surface area contributed by atoms with Crippen LogP contribution in [0.25, 0.3) is 0 Å². The lowest BCUT2D eigenvalue weighted by Crippen LogP contribution is -2.52. The summed E-state index contributed by atoms with van der Waals surface area (Å²) < 4.78 is 4.41. The summed E-state index contributed by atoms with van der Waals surface area (Å²) >= 11 is 3.20. The lowest BCUT2D eigenvalue weighted by atomic mass is 9.93. The molecule has 0 unspecified atom stereocenters. The fraction of sp³-hybridized carbons (Fsp3) is 0.684. The first-order valence-corrected chi connectivity index (χ1v) is 11.6. The van der Waals surface area contributed by atoms with E-state index in [2.05, 4.69) is 64.5 Å². The van der Waals surface area contributed by atoms with E-state index in [1.54, 1.807) is 11.3 Å². The van der Waals surface area contributed by atoms with Crippen molar-refractivity contribution < 1.29 is 0 Å². The van der Waals surface area contributed by atoms with Crippen LogP contribution in [0.4, 0.5) is 5.13 Å². The number of nitrogens with zero attached hydrogens (tertiary/aromatic N) is 6. The Morgan fingerprint density at radius 2 is 1.93 bits per heavy atom. The maximum absolute atomic E-state index is 4.85. The Morgan fingerprint density at radius 3 is 2.50 bits per heavy atom. The Morgan fingerprint density at radius 1 is 1.18 bits per heavy atom.